The second-order valence-corrected chi connectivity index (χ2v) is 6.02. The van der Waals surface area contributed by atoms with Crippen molar-refractivity contribution in [2.24, 2.45) is 0 Å². The Balaban J connectivity index is 1.90. The number of rotatable bonds is 0. The molecule has 0 fully saturated rings. The first kappa shape index (κ1) is 11.2. The van der Waals surface area contributed by atoms with Gasteiger partial charge in [0.15, 0.2) is 7.28 Å². The van der Waals surface area contributed by atoms with Crippen molar-refractivity contribution in [3.63, 3.8) is 0 Å². The van der Waals surface area contributed by atoms with E-state index < -0.39 is 0 Å². The lowest BCUT2D eigenvalue weighted by molar-refractivity contribution is 1.47. The van der Waals surface area contributed by atoms with Crippen LogP contribution in [0.1, 0.15) is 5.56 Å². The molecular weight excluding hydrogens is 253 g/mol. The second kappa shape index (κ2) is 3.79. The number of aryl methyl sites for hydroxylation is 1. The molecule has 5 rings (SSSR count). The van der Waals surface area contributed by atoms with Gasteiger partial charge >= 0.3 is 0 Å². The van der Waals surface area contributed by atoms with Gasteiger partial charge in [-0.1, -0.05) is 54.0 Å². The fourth-order valence-corrected chi connectivity index (χ4v) is 3.71. The van der Waals surface area contributed by atoms with E-state index >= 15 is 0 Å². The first-order chi connectivity index (χ1) is 10.3. The van der Waals surface area contributed by atoms with Gasteiger partial charge in [-0.15, -0.1) is 0 Å². The number of nitrogens with one attached hydrogen (secondary N) is 1. The maximum absolute atomic E-state index is 3.65. The quantitative estimate of drug-likeness (QED) is 0.415. The highest BCUT2D eigenvalue weighted by Gasteiger charge is 2.22. The normalized spacial score (nSPS) is 12.4. The molecule has 3 aromatic carbocycles. The van der Waals surface area contributed by atoms with Crippen LogP contribution >= 0.6 is 0 Å². The number of hydrogen-bond acceptors (Lipinski definition) is 0. The van der Waals surface area contributed by atoms with E-state index in [0.29, 0.717) is 0 Å². The number of aromatic amines is 1. The van der Waals surface area contributed by atoms with Crippen LogP contribution in [0, 0.1) is 6.92 Å². The van der Waals surface area contributed by atoms with Gasteiger partial charge in [-0.05, 0) is 35.1 Å². The third kappa shape index (κ3) is 1.42. The lowest BCUT2D eigenvalue weighted by Crippen LogP contribution is -2.21. The molecule has 2 heterocycles. The maximum Gasteiger partial charge on any atom is 0.196 e. The molecule has 0 spiro atoms. The monoisotopic (exact) mass is 267 g/mol. The van der Waals surface area contributed by atoms with E-state index in [0.717, 1.165) is 7.28 Å². The van der Waals surface area contributed by atoms with E-state index in [9.17, 15) is 0 Å². The van der Waals surface area contributed by atoms with Crippen LogP contribution in [0.4, 0.5) is 0 Å². The van der Waals surface area contributed by atoms with Gasteiger partial charge in [-0.3, -0.25) is 0 Å². The minimum atomic E-state index is 1.04. The van der Waals surface area contributed by atoms with Crippen molar-refractivity contribution in [3.05, 3.63) is 60.2 Å². The highest BCUT2D eigenvalue weighted by Crippen LogP contribution is 2.30. The standard InChI is InChI=1S/C19H14BN/c1-11-6-7-13-15-9-8-14-12-4-2-3-5-16(12)20-18(14)19(15)21-17(13)10-11/h2-10,20-21H,1H3. The van der Waals surface area contributed by atoms with Crippen molar-refractivity contribution in [1.82, 2.24) is 4.98 Å². The summed E-state index contributed by atoms with van der Waals surface area (Å²) in [6.07, 6.45) is 0. The van der Waals surface area contributed by atoms with Crippen LogP contribution in [0.2, 0.25) is 0 Å². The van der Waals surface area contributed by atoms with Crippen molar-refractivity contribution in [3.8, 4) is 11.1 Å². The van der Waals surface area contributed by atoms with Crippen LogP contribution in [0.5, 0.6) is 0 Å². The topological polar surface area (TPSA) is 15.8 Å². The predicted octanol–water partition coefficient (Wildman–Crippen LogP) is 3.00. The Morgan fingerprint density at radius 2 is 1.71 bits per heavy atom. The zero-order valence-corrected chi connectivity index (χ0v) is 11.9. The second-order valence-electron chi connectivity index (χ2n) is 6.02. The Bertz CT molecular complexity index is 1030. The minimum absolute atomic E-state index is 1.04. The van der Waals surface area contributed by atoms with E-state index in [-0.39, 0.29) is 0 Å². The Kier molecular flexibility index (Phi) is 2.02. The van der Waals surface area contributed by atoms with Gasteiger partial charge in [0.1, 0.15) is 0 Å². The molecule has 1 N–H and O–H groups in total. The Labute approximate surface area is 123 Å². The zero-order chi connectivity index (χ0) is 14.0. The summed E-state index contributed by atoms with van der Waals surface area (Å²) >= 11 is 0. The van der Waals surface area contributed by atoms with E-state index in [1.54, 1.807) is 0 Å². The number of benzene rings is 3. The zero-order valence-electron chi connectivity index (χ0n) is 11.9. The fraction of sp³-hybridized carbons (Fsp3) is 0.0526. The van der Waals surface area contributed by atoms with E-state index in [1.165, 1.54) is 49.4 Å². The molecule has 0 saturated carbocycles. The average Bonchev–Trinajstić information content (AvgIpc) is 3.04. The molecule has 1 aliphatic rings. The number of fused-ring (bicyclic) bond motifs is 7. The fourth-order valence-electron chi connectivity index (χ4n) is 3.71. The molecule has 1 nitrogen and oxygen atoms in total. The summed E-state index contributed by atoms with van der Waals surface area (Å²) in [7, 11) is 1.04. The molecule has 0 atom stereocenters. The summed E-state index contributed by atoms with van der Waals surface area (Å²) in [4.78, 5) is 3.65. The van der Waals surface area contributed by atoms with Gasteiger partial charge < -0.3 is 4.98 Å². The van der Waals surface area contributed by atoms with Gasteiger partial charge in [0.2, 0.25) is 0 Å². The van der Waals surface area contributed by atoms with Gasteiger partial charge in [0.05, 0.1) is 0 Å². The third-order valence-corrected chi connectivity index (χ3v) is 4.71. The van der Waals surface area contributed by atoms with Crippen molar-refractivity contribution in [1.29, 1.82) is 0 Å². The first-order valence-electron chi connectivity index (χ1n) is 7.43. The molecule has 21 heavy (non-hydrogen) atoms. The molecule has 1 aromatic heterocycles. The molecule has 2 heteroatoms. The van der Waals surface area contributed by atoms with Crippen LogP contribution < -0.4 is 10.9 Å². The van der Waals surface area contributed by atoms with Crippen molar-refractivity contribution in [2.75, 3.05) is 0 Å². The Morgan fingerprint density at radius 1 is 0.857 bits per heavy atom. The van der Waals surface area contributed by atoms with E-state index in [2.05, 4.69) is 66.5 Å². The Morgan fingerprint density at radius 3 is 2.67 bits per heavy atom. The molecule has 0 radical (unpaired) electrons. The van der Waals surface area contributed by atoms with Gasteiger partial charge in [-0.25, -0.2) is 0 Å². The van der Waals surface area contributed by atoms with Gasteiger partial charge in [0.25, 0.3) is 0 Å². The number of H-pyrrole nitrogens is 1. The first-order valence-corrected chi connectivity index (χ1v) is 7.43. The number of hydrogen-bond donors (Lipinski definition) is 1. The summed E-state index contributed by atoms with van der Waals surface area (Å²) in [5.41, 5.74) is 9.52. The molecule has 0 unspecified atom stereocenters. The average molecular weight is 267 g/mol. The maximum atomic E-state index is 3.65. The van der Waals surface area contributed by atoms with Gasteiger partial charge in [0, 0.05) is 21.8 Å². The molecule has 0 bridgehead atoms. The van der Waals surface area contributed by atoms with Crippen molar-refractivity contribution >= 4 is 40.0 Å². The van der Waals surface area contributed by atoms with Crippen molar-refractivity contribution < 1.29 is 0 Å². The van der Waals surface area contributed by atoms with E-state index in [1.807, 2.05) is 0 Å². The van der Waals surface area contributed by atoms with Crippen molar-refractivity contribution in [2.45, 2.75) is 6.92 Å². The SMILES string of the molecule is Cc1ccc2c(c1)[nH]c1c3c(ccc12)-c1ccccc1B3. The van der Waals surface area contributed by atoms with Crippen LogP contribution in [0.15, 0.2) is 54.6 Å². The predicted molar refractivity (Wildman–Crippen MR) is 92.4 cm³/mol. The molecule has 1 aliphatic heterocycles. The summed E-state index contributed by atoms with van der Waals surface area (Å²) in [6, 6.07) is 20.0. The highest BCUT2D eigenvalue weighted by molar-refractivity contribution is 6.75. The lowest BCUT2D eigenvalue weighted by Gasteiger charge is -2.02. The third-order valence-electron chi connectivity index (χ3n) is 4.71. The van der Waals surface area contributed by atoms with Crippen LogP contribution in [0.3, 0.4) is 0 Å². The summed E-state index contributed by atoms with van der Waals surface area (Å²) in [5.74, 6) is 0. The van der Waals surface area contributed by atoms with E-state index in [4.69, 9.17) is 0 Å². The largest absolute Gasteiger partial charge is 0.355 e. The van der Waals surface area contributed by atoms with Crippen LogP contribution in [0.25, 0.3) is 32.9 Å². The molecule has 0 amide bonds. The smallest absolute Gasteiger partial charge is 0.196 e. The molecule has 0 saturated heterocycles. The highest BCUT2D eigenvalue weighted by atomic mass is 14.7. The minimum Gasteiger partial charge on any atom is -0.355 e. The van der Waals surface area contributed by atoms with Crippen LogP contribution in [-0.4, -0.2) is 12.3 Å². The van der Waals surface area contributed by atoms with Gasteiger partial charge in [-0.2, -0.15) is 0 Å². The lowest BCUT2D eigenvalue weighted by atomic mass is 9.67. The summed E-state index contributed by atoms with van der Waals surface area (Å²) in [6.45, 7) is 2.14. The Hall–Kier alpha value is -2.48. The number of aromatic nitrogens is 1. The molecule has 98 valence electrons. The summed E-state index contributed by atoms with van der Waals surface area (Å²) in [5, 5.41) is 2.67. The molecular formula is C19H14BN. The summed E-state index contributed by atoms with van der Waals surface area (Å²) < 4.78 is 0. The molecule has 0 aliphatic carbocycles. The van der Waals surface area contributed by atoms with Crippen LogP contribution in [-0.2, 0) is 0 Å². The molecule has 4 aromatic rings.